The van der Waals surface area contributed by atoms with Gasteiger partial charge >= 0.3 is 5.97 Å². The van der Waals surface area contributed by atoms with Gasteiger partial charge in [-0.1, -0.05) is 0 Å². The van der Waals surface area contributed by atoms with Gasteiger partial charge in [0.05, 0.1) is 18.2 Å². The van der Waals surface area contributed by atoms with Crippen molar-refractivity contribution in [3.8, 4) is 6.07 Å². The van der Waals surface area contributed by atoms with Gasteiger partial charge in [-0.3, -0.25) is 4.79 Å². The summed E-state index contributed by atoms with van der Waals surface area (Å²) in [5, 5.41) is 28.1. The number of rotatable bonds is 4. The van der Waals surface area contributed by atoms with Crippen molar-refractivity contribution in [1.82, 2.24) is 5.32 Å². The van der Waals surface area contributed by atoms with Gasteiger partial charge in [0.1, 0.15) is 0 Å². The molecule has 88 valence electrons. The third-order valence-electron chi connectivity index (χ3n) is 2.06. The number of nitriles is 1. The third kappa shape index (κ3) is 3.29. The van der Waals surface area contributed by atoms with Crippen molar-refractivity contribution < 1.29 is 19.8 Å². The van der Waals surface area contributed by atoms with Crippen LogP contribution in [0.4, 0.5) is 0 Å². The Labute approximate surface area is 97.1 Å². The van der Waals surface area contributed by atoms with E-state index in [2.05, 4.69) is 5.32 Å². The lowest BCUT2D eigenvalue weighted by Crippen LogP contribution is -2.43. The van der Waals surface area contributed by atoms with Crippen LogP contribution in [0.1, 0.15) is 15.9 Å². The quantitative estimate of drug-likeness (QED) is 0.664. The molecule has 0 aromatic heterocycles. The van der Waals surface area contributed by atoms with Gasteiger partial charge < -0.3 is 15.5 Å². The van der Waals surface area contributed by atoms with E-state index in [1.165, 1.54) is 24.3 Å². The van der Waals surface area contributed by atoms with Crippen LogP contribution < -0.4 is 5.32 Å². The lowest BCUT2D eigenvalue weighted by molar-refractivity contribution is -0.140. The molecule has 6 nitrogen and oxygen atoms in total. The fourth-order valence-electron chi connectivity index (χ4n) is 1.12. The summed E-state index contributed by atoms with van der Waals surface area (Å²) in [6, 6.07) is 6.27. The molecule has 17 heavy (non-hydrogen) atoms. The zero-order valence-corrected chi connectivity index (χ0v) is 8.75. The number of hydrogen-bond acceptors (Lipinski definition) is 4. The number of amides is 1. The summed E-state index contributed by atoms with van der Waals surface area (Å²) in [5.74, 6) is -1.93. The van der Waals surface area contributed by atoms with E-state index in [0.717, 1.165) is 0 Å². The number of benzene rings is 1. The lowest BCUT2D eigenvalue weighted by Gasteiger charge is -2.11. The number of carboxylic acid groups (broad SMARTS) is 1. The summed E-state index contributed by atoms with van der Waals surface area (Å²) < 4.78 is 0. The zero-order chi connectivity index (χ0) is 12.8. The molecule has 1 aromatic rings. The molecule has 1 amide bonds. The minimum Gasteiger partial charge on any atom is -0.480 e. The Bertz CT molecular complexity index is 461. The van der Waals surface area contributed by atoms with Crippen molar-refractivity contribution in [2.45, 2.75) is 6.04 Å². The van der Waals surface area contributed by atoms with Gasteiger partial charge in [0.15, 0.2) is 6.04 Å². The molecular formula is C11H10N2O4. The molecule has 0 fully saturated rings. The Morgan fingerprint density at radius 3 is 2.35 bits per heavy atom. The van der Waals surface area contributed by atoms with Crippen LogP contribution in [-0.2, 0) is 4.79 Å². The number of nitrogens with zero attached hydrogens (tertiary/aromatic N) is 1. The molecule has 6 heteroatoms. The maximum absolute atomic E-state index is 11.5. The first-order valence-corrected chi connectivity index (χ1v) is 4.73. The molecule has 0 spiro atoms. The van der Waals surface area contributed by atoms with Crippen molar-refractivity contribution in [3.63, 3.8) is 0 Å². The largest absolute Gasteiger partial charge is 0.480 e. The average Bonchev–Trinajstić information content (AvgIpc) is 2.35. The molecule has 1 rings (SSSR count). The van der Waals surface area contributed by atoms with Crippen LogP contribution in [0.25, 0.3) is 0 Å². The van der Waals surface area contributed by atoms with Crippen LogP contribution in [0.2, 0.25) is 0 Å². The highest BCUT2D eigenvalue weighted by Gasteiger charge is 2.19. The first-order valence-electron chi connectivity index (χ1n) is 4.73. The summed E-state index contributed by atoms with van der Waals surface area (Å²) in [4.78, 5) is 22.1. The second-order valence-corrected chi connectivity index (χ2v) is 3.24. The van der Waals surface area contributed by atoms with Gasteiger partial charge in [-0.2, -0.15) is 5.26 Å². The van der Waals surface area contributed by atoms with Gasteiger partial charge in [-0.15, -0.1) is 0 Å². The summed E-state index contributed by atoms with van der Waals surface area (Å²) in [6.45, 7) is -0.683. The molecule has 0 saturated heterocycles. The molecule has 3 N–H and O–H groups in total. The average molecular weight is 234 g/mol. The van der Waals surface area contributed by atoms with Gasteiger partial charge in [-0.25, -0.2) is 4.79 Å². The number of hydrogen-bond donors (Lipinski definition) is 3. The molecular weight excluding hydrogens is 224 g/mol. The van der Waals surface area contributed by atoms with E-state index in [-0.39, 0.29) is 5.56 Å². The summed E-state index contributed by atoms with van der Waals surface area (Å²) in [5.41, 5.74) is 0.627. The SMILES string of the molecule is N#Cc1ccc(C(=O)N[C@H](CO)C(=O)O)cc1. The molecule has 0 radical (unpaired) electrons. The van der Waals surface area contributed by atoms with Crippen LogP contribution in [0, 0.1) is 11.3 Å². The minimum atomic E-state index is -1.34. The van der Waals surface area contributed by atoms with Crippen molar-refractivity contribution in [2.75, 3.05) is 6.61 Å². The second kappa shape index (κ2) is 5.63. The van der Waals surface area contributed by atoms with Gasteiger partial charge in [0.2, 0.25) is 0 Å². The van der Waals surface area contributed by atoms with Crippen molar-refractivity contribution in [3.05, 3.63) is 35.4 Å². The van der Waals surface area contributed by atoms with Crippen LogP contribution >= 0.6 is 0 Å². The highest BCUT2D eigenvalue weighted by atomic mass is 16.4. The van der Waals surface area contributed by atoms with E-state index >= 15 is 0 Å². The molecule has 0 aliphatic rings. The molecule has 0 bridgehead atoms. The van der Waals surface area contributed by atoms with E-state index in [1.54, 1.807) is 0 Å². The molecule has 1 aromatic carbocycles. The maximum atomic E-state index is 11.5. The summed E-state index contributed by atoms with van der Waals surface area (Å²) >= 11 is 0. The second-order valence-electron chi connectivity index (χ2n) is 3.24. The molecule has 0 unspecified atom stereocenters. The monoisotopic (exact) mass is 234 g/mol. The van der Waals surface area contributed by atoms with Gasteiger partial charge in [0.25, 0.3) is 5.91 Å². The number of aliphatic carboxylic acids is 1. The van der Waals surface area contributed by atoms with E-state index in [4.69, 9.17) is 15.5 Å². The standard InChI is InChI=1S/C11H10N2O4/c12-5-7-1-3-8(4-2-7)10(15)13-9(6-14)11(16)17/h1-4,9,14H,6H2,(H,13,15)(H,16,17)/t9-/m1/s1. The predicted molar refractivity (Wildman–Crippen MR) is 57.1 cm³/mol. The number of carbonyl (C=O) groups excluding carboxylic acids is 1. The number of nitrogens with one attached hydrogen (secondary N) is 1. The van der Waals surface area contributed by atoms with Crippen molar-refractivity contribution in [2.24, 2.45) is 0 Å². The highest BCUT2D eigenvalue weighted by Crippen LogP contribution is 2.03. The van der Waals surface area contributed by atoms with Crippen molar-refractivity contribution in [1.29, 1.82) is 5.26 Å². The Kier molecular flexibility index (Phi) is 4.20. The fourth-order valence-corrected chi connectivity index (χ4v) is 1.12. The van der Waals surface area contributed by atoms with Crippen LogP contribution in [-0.4, -0.2) is 34.7 Å². The molecule has 1 atom stereocenters. The van der Waals surface area contributed by atoms with E-state index in [9.17, 15) is 9.59 Å². The summed E-state index contributed by atoms with van der Waals surface area (Å²) in [6.07, 6.45) is 0. The van der Waals surface area contributed by atoms with Crippen LogP contribution in [0.3, 0.4) is 0 Å². The number of carbonyl (C=O) groups is 2. The Balaban J connectivity index is 2.76. The summed E-state index contributed by atoms with van der Waals surface area (Å²) in [7, 11) is 0. The lowest BCUT2D eigenvalue weighted by atomic mass is 10.1. The number of carboxylic acids is 1. The fraction of sp³-hybridized carbons (Fsp3) is 0.182. The van der Waals surface area contributed by atoms with Crippen molar-refractivity contribution >= 4 is 11.9 Å². The van der Waals surface area contributed by atoms with E-state index in [1.807, 2.05) is 6.07 Å². The Hall–Kier alpha value is -2.39. The molecule has 0 aliphatic heterocycles. The molecule has 0 saturated carbocycles. The first kappa shape index (κ1) is 12.7. The van der Waals surface area contributed by atoms with Crippen LogP contribution in [0.5, 0.6) is 0 Å². The minimum absolute atomic E-state index is 0.226. The smallest absolute Gasteiger partial charge is 0.328 e. The number of aliphatic hydroxyl groups is 1. The van der Waals surface area contributed by atoms with E-state index < -0.39 is 24.5 Å². The van der Waals surface area contributed by atoms with Gasteiger partial charge in [-0.05, 0) is 24.3 Å². The highest BCUT2D eigenvalue weighted by molar-refractivity contribution is 5.96. The topological polar surface area (TPSA) is 110 Å². The first-order chi connectivity index (χ1) is 8.08. The maximum Gasteiger partial charge on any atom is 0.328 e. The van der Waals surface area contributed by atoms with Gasteiger partial charge in [0, 0.05) is 5.56 Å². The normalized spacial score (nSPS) is 11.3. The van der Waals surface area contributed by atoms with E-state index in [0.29, 0.717) is 5.56 Å². The predicted octanol–water partition coefficient (Wildman–Crippen LogP) is -0.266. The Morgan fingerprint density at radius 1 is 1.35 bits per heavy atom. The number of aliphatic hydroxyl groups excluding tert-OH is 1. The molecule has 0 aliphatic carbocycles. The van der Waals surface area contributed by atoms with Crippen LogP contribution in [0.15, 0.2) is 24.3 Å². The molecule has 0 heterocycles. The Morgan fingerprint density at radius 2 is 1.94 bits per heavy atom. The zero-order valence-electron chi connectivity index (χ0n) is 8.75. The third-order valence-corrected chi connectivity index (χ3v) is 2.06.